The van der Waals surface area contributed by atoms with Crippen LogP contribution in [0.25, 0.3) is 5.65 Å². The van der Waals surface area contributed by atoms with E-state index in [1.54, 1.807) is 18.0 Å². The molecule has 13 heteroatoms. The Labute approximate surface area is 190 Å². The molecule has 0 saturated carbocycles. The molecule has 1 aliphatic heterocycles. The predicted molar refractivity (Wildman–Crippen MR) is 109 cm³/mol. The van der Waals surface area contributed by atoms with Crippen molar-refractivity contribution in [1.82, 2.24) is 24.7 Å². The van der Waals surface area contributed by atoms with Crippen molar-refractivity contribution >= 4 is 17.4 Å². The van der Waals surface area contributed by atoms with Crippen LogP contribution in [-0.4, -0.2) is 50.8 Å². The summed E-state index contributed by atoms with van der Waals surface area (Å²) in [7, 11) is 1.59. The Bertz CT molecular complexity index is 1170. The van der Waals surface area contributed by atoms with Crippen LogP contribution in [0.15, 0.2) is 36.4 Å². The number of anilines is 1. The van der Waals surface area contributed by atoms with Crippen molar-refractivity contribution < 1.29 is 31.1 Å². The molecule has 7 nitrogen and oxygen atoms in total. The van der Waals surface area contributed by atoms with Crippen molar-refractivity contribution in [3.05, 3.63) is 53.3 Å². The molecule has 1 fully saturated rings. The number of benzene rings is 1. The highest BCUT2D eigenvalue weighted by molar-refractivity contribution is 5.79. The van der Waals surface area contributed by atoms with E-state index in [1.807, 2.05) is 0 Å². The van der Waals surface area contributed by atoms with Gasteiger partial charge in [0.05, 0.1) is 5.56 Å². The van der Waals surface area contributed by atoms with E-state index in [2.05, 4.69) is 15.3 Å². The van der Waals surface area contributed by atoms with Gasteiger partial charge < -0.3 is 9.80 Å². The van der Waals surface area contributed by atoms with Crippen LogP contribution in [0.3, 0.4) is 0 Å². The maximum absolute atomic E-state index is 13.1. The van der Waals surface area contributed by atoms with E-state index >= 15 is 0 Å². The molecule has 0 spiro atoms. The highest BCUT2D eigenvalue weighted by atomic mass is 19.4. The first-order valence-electron chi connectivity index (χ1n) is 10.4. The van der Waals surface area contributed by atoms with Gasteiger partial charge in [-0.05, 0) is 42.7 Å². The van der Waals surface area contributed by atoms with Crippen molar-refractivity contribution in [3.63, 3.8) is 0 Å². The van der Waals surface area contributed by atoms with Crippen LogP contribution in [0.1, 0.15) is 29.8 Å². The fourth-order valence-corrected chi connectivity index (χ4v) is 3.94. The summed E-state index contributed by atoms with van der Waals surface area (Å²) in [6.45, 7) is 0.988. The summed E-state index contributed by atoms with van der Waals surface area (Å²) < 4.78 is 78.1. The number of carbonyl (C=O) groups is 1. The minimum atomic E-state index is -4.69. The predicted octanol–water partition coefficient (Wildman–Crippen LogP) is 4.04. The standard InChI is InChI=1S/C21H20F6N6O/c1-31(12-13-2-4-15(5-3-13)20(22,23)24)18(34)14-8-10-32(11-9-14)17-7-6-16-28-29-19(21(25,26)27)33(16)30-17/h2-7,14H,8-12H2,1H3. The first-order valence-corrected chi connectivity index (χ1v) is 10.4. The van der Waals surface area contributed by atoms with Crippen molar-refractivity contribution in [2.45, 2.75) is 31.7 Å². The first-order chi connectivity index (χ1) is 15.9. The van der Waals surface area contributed by atoms with Crippen LogP contribution < -0.4 is 4.90 Å². The largest absolute Gasteiger partial charge is 0.453 e. The monoisotopic (exact) mass is 486 g/mol. The van der Waals surface area contributed by atoms with Gasteiger partial charge in [-0.2, -0.15) is 30.9 Å². The van der Waals surface area contributed by atoms with Gasteiger partial charge in [-0.3, -0.25) is 4.79 Å². The summed E-state index contributed by atoms with van der Waals surface area (Å²) in [5.74, 6) is -1.33. The zero-order valence-electron chi connectivity index (χ0n) is 17.9. The van der Waals surface area contributed by atoms with E-state index in [1.165, 1.54) is 23.1 Å². The number of rotatable bonds is 4. The second-order valence-corrected chi connectivity index (χ2v) is 8.13. The van der Waals surface area contributed by atoms with Crippen molar-refractivity contribution in [3.8, 4) is 0 Å². The Balaban J connectivity index is 1.37. The van der Waals surface area contributed by atoms with Crippen molar-refractivity contribution in [2.75, 3.05) is 25.0 Å². The molecule has 182 valence electrons. The van der Waals surface area contributed by atoms with E-state index in [0.717, 1.165) is 12.1 Å². The van der Waals surface area contributed by atoms with Crippen LogP contribution in [-0.2, 0) is 23.7 Å². The lowest BCUT2D eigenvalue weighted by atomic mass is 9.95. The molecule has 1 aromatic carbocycles. The Hall–Kier alpha value is -3.38. The molecule has 4 rings (SSSR count). The highest BCUT2D eigenvalue weighted by Crippen LogP contribution is 2.30. The SMILES string of the molecule is CN(Cc1ccc(C(F)(F)F)cc1)C(=O)C1CCN(c2ccc3nnc(C(F)(F)F)n3n2)CC1. The fraction of sp³-hybridized carbons (Fsp3) is 0.429. The summed E-state index contributed by atoms with van der Waals surface area (Å²) in [6.07, 6.45) is -8.19. The lowest BCUT2D eigenvalue weighted by Crippen LogP contribution is -2.41. The normalized spacial score (nSPS) is 15.7. The molecule has 0 unspecified atom stereocenters. The molecular formula is C21H20F6N6O. The molecule has 34 heavy (non-hydrogen) atoms. The molecule has 0 aliphatic carbocycles. The van der Waals surface area contributed by atoms with Gasteiger partial charge in [0.15, 0.2) is 5.65 Å². The second kappa shape index (κ2) is 8.76. The summed E-state index contributed by atoms with van der Waals surface area (Å²) in [5.41, 5.74) is -0.197. The van der Waals surface area contributed by atoms with E-state index in [4.69, 9.17) is 0 Å². The molecule has 1 aliphatic rings. The minimum Gasteiger partial charge on any atom is -0.355 e. The third-order valence-corrected chi connectivity index (χ3v) is 5.75. The van der Waals surface area contributed by atoms with Crippen molar-refractivity contribution in [1.29, 1.82) is 0 Å². The van der Waals surface area contributed by atoms with E-state index in [0.29, 0.717) is 41.8 Å². The number of carbonyl (C=O) groups excluding carboxylic acids is 1. The lowest BCUT2D eigenvalue weighted by Gasteiger charge is -2.33. The van der Waals surface area contributed by atoms with Crippen LogP contribution in [0.2, 0.25) is 0 Å². The number of hydrogen-bond donors (Lipinski definition) is 0. The molecule has 0 N–H and O–H groups in total. The molecule has 0 atom stereocenters. The van der Waals surface area contributed by atoms with Crippen LogP contribution in [0.4, 0.5) is 32.2 Å². The zero-order valence-corrected chi connectivity index (χ0v) is 17.9. The summed E-state index contributed by atoms with van der Waals surface area (Å²) in [6, 6.07) is 7.61. The molecule has 1 amide bonds. The minimum absolute atomic E-state index is 0.0222. The fourth-order valence-electron chi connectivity index (χ4n) is 3.94. The smallest absolute Gasteiger partial charge is 0.355 e. The highest BCUT2D eigenvalue weighted by Gasteiger charge is 2.38. The van der Waals surface area contributed by atoms with Gasteiger partial charge >= 0.3 is 12.4 Å². The van der Waals surface area contributed by atoms with Gasteiger partial charge in [0.2, 0.25) is 5.91 Å². The van der Waals surface area contributed by atoms with Gasteiger partial charge in [0.1, 0.15) is 5.82 Å². The number of piperidine rings is 1. The third-order valence-electron chi connectivity index (χ3n) is 5.75. The number of halogens is 6. The Morgan fingerprint density at radius 2 is 1.62 bits per heavy atom. The number of alkyl halides is 6. The van der Waals surface area contributed by atoms with Gasteiger partial charge in [-0.25, -0.2) is 0 Å². The molecule has 0 radical (unpaired) electrons. The molecule has 1 saturated heterocycles. The Morgan fingerprint density at radius 1 is 0.971 bits per heavy atom. The van der Waals surface area contributed by atoms with E-state index in [-0.39, 0.29) is 24.0 Å². The lowest BCUT2D eigenvalue weighted by molar-refractivity contribution is -0.146. The second-order valence-electron chi connectivity index (χ2n) is 8.13. The summed E-state index contributed by atoms with van der Waals surface area (Å²) >= 11 is 0. The number of nitrogens with zero attached hydrogens (tertiary/aromatic N) is 6. The molecule has 0 bridgehead atoms. The van der Waals surface area contributed by atoms with Gasteiger partial charge in [0, 0.05) is 32.6 Å². The van der Waals surface area contributed by atoms with Crippen LogP contribution >= 0.6 is 0 Å². The summed E-state index contributed by atoms with van der Waals surface area (Å²) in [5, 5.41) is 10.7. The first kappa shape index (κ1) is 23.8. The zero-order chi connectivity index (χ0) is 24.7. The average molecular weight is 486 g/mol. The van der Waals surface area contributed by atoms with Gasteiger partial charge in [-0.1, -0.05) is 12.1 Å². The molecular weight excluding hydrogens is 466 g/mol. The number of aromatic nitrogens is 4. The maximum Gasteiger partial charge on any atom is 0.453 e. The maximum atomic E-state index is 13.1. The van der Waals surface area contributed by atoms with E-state index < -0.39 is 23.7 Å². The number of hydrogen-bond acceptors (Lipinski definition) is 5. The van der Waals surface area contributed by atoms with Crippen LogP contribution in [0.5, 0.6) is 0 Å². The quantitative estimate of drug-likeness (QED) is 0.521. The van der Waals surface area contributed by atoms with Crippen LogP contribution in [0, 0.1) is 5.92 Å². The number of fused-ring (bicyclic) bond motifs is 1. The Morgan fingerprint density at radius 3 is 2.21 bits per heavy atom. The number of amides is 1. The van der Waals surface area contributed by atoms with Gasteiger partial charge in [-0.15, -0.1) is 15.3 Å². The van der Waals surface area contributed by atoms with Gasteiger partial charge in [0.25, 0.3) is 5.82 Å². The topological polar surface area (TPSA) is 66.6 Å². The van der Waals surface area contributed by atoms with Crippen molar-refractivity contribution in [2.24, 2.45) is 5.92 Å². The average Bonchev–Trinajstić information content (AvgIpc) is 3.22. The molecule has 3 heterocycles. The summed E-state index contributed by atoms with van der Waals surface area (Å²) in [4.78, 5) is 16.1. The Kier molecular flexibility index (Phi) is 6.13. The van der Waals surface area contributed by atoms with E-state index in [9.17, 15) is 31.1 Å². The molecule has 3 aromatic rings. The third kappa shape index (κ3) is 4.92. The molecule has 2 aromatic heterocycles.